The molecule has 0 bridgehead atoms. The van der Waals surface area contributed by atoms with Crippen LogP contribution in [0.4, 0.5) is 11.5 Å². The molecule has 37 heavy (non-hydrogen) atoms. The van der Waals surface area contributed by atoms with Crippen LogP contribution in [0.2, 0.25) is 0 Å². The number of benzene rings is 2. The van der Waals surface area contributed by atoms with E-state index in [-0.39, 0.29) is 53.4 Å². The second-order valence-electron chi connectivity index (χ2n) is 8.22. The summed E-state index contributed by atoms with van der Waals surface area (Å²) < 4.78 is 28.1. The van der Waals surface area contributed by atoms with Gasteiger partial charge in [-0.2, -0.15) is 5.26 Å². The molecule has 0 amide bonds. The van der Waals surface area contributed by atoms with E-state index in [1.54, 1.807) is 24.3 Å². The summed E-state index contributed by atoms with van der Waals surface area (Å²) in [5.41, 5.74) is 1.61. The number of halogens is 3. The van der Waals surface area contributed by atoms with Crippen LogP contribution in [-0.2, 0) is 10.0 Å². The van der Waals surface area contributed by atoms with E-state index >= 15 is 0 Å². The Morgan fingerprint density at radius 2 is 1.78 bits per heavy atom. The van der Waals surface area contributed by atoms with Gasteiger partial charge in [-0.1, -0.05) is 12.1 Å². The molecule has 1 saturated heterocycles. The van der Waals surface area contributed by atoms with Crippen molar-refractivity contribution in [2.45, 2.75) is 18.2 Å². The molecule has 2 heterocycles. The van der Waals surface area contributed by atoms with Crippen LogP contribution in [0.15, 0.2) is 53.4 Å². The van der Waals surface area contributed by atoms with E-state index in [9.17, 15) is 18.3 Å². The molecule has 1 fully saturated rings. The Morgan fingerprint density at radius 1 is 1.08 bits per heavy atom. The van der Waals surface area contributed by atoms with E-state index < -0.39 is 16.0 Å². The largest absolute Gasteiger partial charge is 0.478 e. The number of nitrogens with zero attached hydrogens (tertiary/aromatic N) is 4. The Labute approximate surface area is 234 Å². The van der Waals surface area contributed by atoms with E-state index in [0.717, 1.165) is 25.2 Å². The Morgan fingerprint density at radius 3 is 2.41 bits per heavy atom. The topological polar surface area (TPSA) is 127 Å². The van der Waals surface area contributed by atoms with Crippen molar-refractivity contribution in [1.82, 2.24) is 9.88 Å². The minimum Gasteiger partial charge on any atom is -0.478 e. The lowest BCUT2D eigenvalue weighted by molar-refractivity contribution is 0.0699. The molecular weight excluding hydrogens is 561 g/mol. The van der Waals surface area contributed by atoms with Crippen molar-refractivity contribution in [3.8, 4) is 6.07 Å². The van der Waals surface area contributed by atoms with Crippen LogP contribution < -0.4 is 9.62 Å². The van der Waals surface area contributed by atoms with Crippen molar-refractivity contribution in [3.63, 3.8) is 0 Å². The number of anilines is 2. The van der Waals surface area contributed by atoms with E-state index in [4.69, 9.17) is 5.26 Å². The van der Waals surface area contributed by atoms with Gasteiger partial charge in [0.25, 0.3) is 10.0 Å². The zero-order chi connectivity index (χ0) is 24.3. The third-order valence-electron chi connectivity index (χ3n) is 5.81. The first-order valence-corrected chi connectivity index (χ1v) is 12.4. The molecule has 0 radical (unpaired) electrons. The summed E-state index contributed by atoms with van der Waals surface area (Å²) in [7, 11) is -3.83. The Bertz CT molecular complexity index is 1390. The highest BCUT2D eigenvalue weighted by Crippen LogP contribution is 2.28. The van der Waals surface area contributed by atoms with Gasteiger partial charge in [0, 0.05) is 50.2 Å². The molecule has 1 aliphatic heterocycles. The standard InChI is InChI=1S/C24H25N5O4S.3ClH/c1-17-4-2-5-19(14-17)34(32,33)27-18-6-7-22-20(15-18)21(24(30)31)16-23(26-22)29-12-10-28(11-13-29)9-3-8-25;;;/h2,4-7,14-16,27H,3,9-13H2,1H3,(H,30,31);3*1H. The number of nitriles is 1. The van der Waals surface area contributed by atoms with Gasteiger partial charge in [-0.15, -0.1) is 37.2 Å². The second kappa shape index (κ2) is 13.7. The molecule has 2 aromatic carbocycles. The minimum atomic E-state index is -3.83. The first-order valence-electron chi connectivity index (χ1n) is 10.9. The smallest absolute Gasteiger partial charge is 0.336 e. The highest BCUT2D eigenvalue weighted by atomic mass is 35.5. The number of aromatic carboxylic acids is 1. The van der Waals surface area contributed by atoms with Crippen LogP contribution in [0.5, 0.6) is 0 Å². The van der Waals surface area contributed by atoms with Crippen molar-refractivity contribution in [3.05, 3.63) is 59.7 Å². The SMILES string of the molecule is Cc1cccc(S(=O)(=O)Nc2ccc3nc(N4CCN(CCC#N)CC4)cc(C(=O)O)c3c2)c1.Cl.Cl.Cl. The molecule has 2 N–H and O–H groups in total. The average Bonchev–Trinajstić information content (AvgIpc) is 2.82. The fourth-order valence-corrected chi connectivity index (χ4v) is 5.17. The van der Waals surface area contributed by atoms with Gasteiger partial charge in [-0.3, -0.25) is 9.62 Å². The average molecular weight is 589 g/mol. The number of hydrogen-bond acceptors (Lipinski definition) is 7. The summed E-state index contributed by atoms with van der Waals surface area (Å²) in [5.74, 6) is -0.544. The number of sulfonamides is 1. The number of aryl methyl sites for hydroxylation is 1. The maximum Gasteiger partial charge on any atom is 0.336 e. The first-order chi connectivity index (χ1) is 16.3. The quantitative estimate of drug-likeness (QED) is 0.417. The molecule has 3 aromatic rings. The third kappa shape index (κ3) is 7.60. The lowest BCUT2D eigenvalue weighted by atomic mass is 10.1. The number of carboxylic acid groups (broad SMARTS) is 1. The number of piperazine rings is 1. The lowest BCUT2D eigenvalue weighted by Crippen LogP contribution is -2.46. The van der Waals surface area contributed by atoms with Crippen LogP contribution in [0.1, 0.15) is 22.3 Å². The first kappa shape index (κ1) is 32.2. The number of rotatable bonds is 7. The van der Waals surface area contributed by atoms with Crippen LogP contribution in [0, 0.1) is 18.3 Å². The van der Waals surface area contributed by atoms with Gasteiger partial charge in [0.1, 0.15) is 5.82 Å². The summed E-state index contributed by atoms with van der Waals surface area (Å²) in [6, 6.07) is 15.0. The normalized spacial score (nSPS) is 13.5. The maximum atomic E-state index is 12.8. The van der Waals surface area contributed by atoms with Gasteiger partial charge >= 0.3 is 5.97 Å². The summed E-state index contributed by atoms with van der Waals surface area (Å²) in [6.45, 7) is 5.42. The molecule has 200 valence electrons. The fraction of sp³-hybridized carbons (Fsp3) is 0.292. The van der Waals surface area contributed by atoms with Crippen molar-refractivity contribution in [2.75, 3.05) is 42.3 Å². The molecule has 0 saturated carbocycles. The van der Waals surface area contributed by atoms with E-state index in [1.807, 2.05) is 17.9 Å². The van der Waals surface area contributed by atoms with Gasteiger partial charge in [0.2, 0.25) is 0 Å². The molecule has 13 heteroatoms. The Kier molecular flexibility index (Phi) is 11.9. The number of carboxylic acids is 1. The maximum absolute atomic E-state index is 12.8. The van der Waals surface area contributed by atoms with Crippen LogP contribution in [-0.4, -0.2) is 62.1 Å². The van der Waals surface area contributed by atoms with E-state index in [1.165, 1.54) is 18.2 Å². The third-order valence-corrected chi connectivity index (χ3v) is 7.19. The second-order valence-corrected chi connectivity index (χ2v) is 9.91. The highest BCUT2D eigenvalue weighted by molar-refractivity contribution is 7.92. The lowest BCUT2D eigenvalue weighted by Gasteiger charge is -2.35. The summed E-state index contributed by atoms with van der Waals surface area (Å²) in [6.07, 6.45) is 0.480. The molecular formula is C24H28Cl3N5O4S. The van der Waals surface area contributed by atoms with E-state index in [0.29, 0.717) is 36.2 Å². The molecule has 1 aliphatic rings. The Balaban J connectivity index is 0.00000228. The number of nitrogens with one attached hydrogen (secondary N) is 1. The number of pyridine rings is 1. The van der Waals surface area contributed by atoms with E-state index in [2.05, 4.69) is 20.7 Å². The monoisotopic (exact) mass is 587 g/mol. The van der Waals surface area contributed by atoms with Gasteiger partial charge in [-0.25, -0.2) is 18.2 Å². The van der Waals surface area contributed by atoms with Gasteiger partial charge in [-0.05, 0) is 48.9 Å². The number of fused-ring (bicyclic) bond motifs is 1. The number of carbonyl (C=O) groups is 1. The minimum absolute atomic E-state index is 0. The summed E-state index contributed by atoms with van der Waals surface area (Å²) in [5, 5.41) is 19.0. The Hall–Kier alpha value is -2.81. The van der Waals surface area contributed by atoms with Gasteiger partial charge < -0.3 is 10.0 Å². The highest BCUT2D eigenvalue weighted by Gasteiger charge is 2.21. The molecule has 0 unspecified atom stereocenters. The van der Waals surface area contributed by atoms with Gasteiger partial charge in [0.15, 0.2) is 0 Å². The van der Waals surface area contributed by atoms with Crippen molar-refractivity contribution >= 4 is 75.6 Å². The van der Waals surface area contributed by atoms with Crippen molar-refractivity contribution < 1.29 is 18.3 Å². The van der Waals surface area contributed by atoms with Crippen LogP contribution in [0.3, 0.4) is 0 Å². The predicted octanol–water partition coefficient (Wildman–Crippen LogP) is 4.34. The molecule has 0 atom stereocenters. The van der Waals surface area contributed by atoms with Gasteiger partial charge in [0.05, 0.1) is 22.0 Å². The molecule has 9 nitrogen and oxygen atoms in total. The predicted molar refractivity (Wildman–Crippen MR) is 151 cm³/mol. The van der Waals surface area contributed by atoms with Crippen molar-refractivity contribution in [1.29, 1.82) is 5.26 Å². The zero-order valence-electron chi connectivity index (χ0n) is 20.0. The number of hydrogen-bond donors (Lipinski definition) is 2. The zero-order valence-corrected chi connectivity index (χ0v) is 23.2. The number of aromatic nitrogens is 1. The summed E-state index contributed by atoms with van der Waals surface area (Å²) >= 11 is 0. The van der Waals surface area contributed by atoms with Crippen molar-refractivity contribution in [2.24, 2.45) is 0 Å². The molecule has 4 rings (SSSR count). The molecule has 1 aromatic heterocycles. The summed E-state index contributed by atoms with van der Waals surface area (Å²) in [4.78, 5) is 21.1. The fourth-order valence-electron chi connectivity index (χ4n) is 4.02. The van der Waals surface area contributed by atoms with Crippen LogP contribution in [0.25, 0.3) is 10.9 Å². The molecule has 0 spiro atoms. The molecule has 0 aliphatic carbocycles. The van der Waals surface area contributed by atoms with Crippen LogP contribution >= 0.6 is 37.2 Å².